The number of benzene rings is 2. The first-order valence-electron chi connectivity index (χ1n) is 11.9. The maximum atomic E-state index is 14.4. The average molecular weight is 507 g/mol. The van der Waals surface area contributed by atoms with Gasteiger partial charge in [-0.1, -0.05) is 74.9 Å². The second-order valence-electron chi connectivity index (χ2n) is 10.1. The van der Waals surface area contributed by atoms with E-state index in [-0.39, 0.29) is 57.4 Å². The summed E-state index contributed by atoms with van der Waals surface area (Å²) in [4.78, 5) is 14.6. The SMILES string of the molecule is CC(C)CCC1(CCC(C)C)C(=O)C(C2=NS(O)(O)c3ccccc3N2)=C(O)c2ccccc21.[NaH]. The summed E-state index contributed by atoms with van der Waals surface area (Å²) in [6, 6.07) is 14.3. The number of carbonyl (C=O) groups is 1. The summed E-state index contributed by atoms with van der Waals surface area (Å²) in [5, 5.41) is 14.4. The van der Waals surface area contributed by atoms with Crippen LogP contribution in [0.2, 0.25) is 0 Å². The molecule has 0 saturated heterocycles. The number of carbonyl (C=O) groups excluding carboxylic acids is 1. The van der Waals surface area contributed by atoms with E-state index < -0.39 is 16.2 Å². The van der Waals surface area contributed by atoms with Gasteiger partial charge in [0.05, 0.1) is 11.1 Å². The molecule has 1 aliphatic heterocycles. The first-order chi connectivity index (χ1) is 16.1. The molecule has 8 heteroatoms. The number of nitrogens with one attached hydrogen (secondary N) is 1. The molecule has 1 aliphatic carbocycles. The molecule has 1 heterocycles. The van der Waals surface area contributed by atoms with Gasteiger partial charge in [0.2, 0.25) is 0 Å². The van der Waals surface area contributed by atoms with Crippen LogP contribution in [0.1, 0.15) is 64.5 Å². The molecule has 0 spiro atoms. The number of fused-ring (bicyclic) bond motifs is 2. The molecular weight excluding hydrogens is 471 g/mol. The third-order valence-corrected chi connectivity index (χ3v) is 8.17. The van der Waals surface area contributed by atoms with Gasteiger partial charge in [0.25, 0.3) is 0 Å². The Morgan fingerprint density at radius 1 is 0.943 bits per heavy atom. The molecule has 35 heavy (non-hydrogen) atoms. The van der Waals surface area contributed by atoms with Gasteiger partial charge in [-0.15, -0.1) is 4.40 Å². The molecule has 0 saturated carbocycles. The van der Waals surface area contributed by atoms with Crippen LogP contribution in [0, 0.1) is 11.8 Å². The van der Waals surface area contributed by atoms with Crippen LogP contribution < -0.4 is 5.32 Å². The predicted octanol–water partition coefficient (Wildman–Crippen LogP) is 6.55. The van der Waals surface area contributed by atoms with Crippen LogP contribution >= 0.6 is 10.8 Å². The third kappa shape index (κ3) is 5.26. The number of aliphatic hydroxyl groups is 1. The number of para-hydroxylation sites is 1. The third-order valence-electron chi connectivity index (χ3n) is 6.78. The second-order valence-corrected chi connectivity index (χ2v) is 11.8. The van der Waals surface area contributed by atoms with Gasteiger partial charge in [0.1, 0.15) is 16.2 Å². The Hall–Kier alpha value is -1.61. The number of rotatable bonds is 7. The molecule has 4 N–H and O–H groups in total. The Balaban J connectivity index is 0.00000342. The fraction of sp³-hybridized carbons (Fsp3) is 0.407. The maximum absolute atomic E-state index is 14.4. The first-order valence-corrected chi connectivity index (χ1v) is 13.4. The van der Waals surface area contributed by atoms with E-state index in [0.29, 0.717) is 35.9 Å². The summed E-state index contributed by atoms with van der Waals surface area (Å²) in [5.74, 6) is 0.428. The van der Waals surface area contributed by atoms with Crippen molar-refractivity contribution in [3.63, 3.8) is 0 Å². The summed E-state index contributed by atoms with van der Waals surface area (Å²) in [6.07, 6.45) is 2.99. The number of hydrogen-bond acceptors (Lipinski definition) is 6. The molecule has 2 aliphatic rings. The summed E-state index contributed by atoms with van der Waals surface area (Å²) < 4.78 is 25.7. The number of ketones is 1. The molecule has 0 radical (unpaired) electrons. The van der Waals surface area contributed by atoms with Gasteiger partial charge in [-0.2, -0.15) is 0 Å². The van der Waals surface area contributed by atoms with E-state index in [9.17, 15) is 19.0 Å². The molecular formula is C27H35N2NaO4S. The number of amidine groups is 1. The Labute approximate surface area is 231 Å². The Morgan fingerprint density at radius 3 is 2.14 bits per heavy atom. The Morgan fingerprint density at radius 2 is 1.51 bits per heavy atom. The number of anilines is 1. The molecule has 2 aromatic carbocycles. The molecule has 0 atom stereocenters. The van der Waals surface area contributed by atoms with E-state index in [0.717, 1.165) is 18.4 Å². The van der Waals surface area contributed by atoms with Crippen molar-refractivity contribution in [2.75, 3.05) is 5.32 Å². The number of Topliss-reactive ketones (excluding diaryl/α,β-unsaturated/α-hetero) is 1. The first kappa shape index (κ1) is 28.0. The molecule has 0 bridgehead atoms. The fourth-order valence-electron chi connectivity index (χ4n) is 4.87. The zero-order valence-corrected chi connectivity index (χ0v) is 21.0. The Bertz CT molecular complexity index is 1160. The average Bonchev–Trinajstić information content (AvgIpc) is 2.78. The summed E-state index contributed by atoms with van der Waals surface area (Å²) in [7, 11) is -3.53. The molecule has 0 amide bonds. The zero-order valence-electron chi connectivity index (χ0n) is 20.2. The van der Waals surface area contributed by atoms with Crippen LogP contribution in [0.3, 0.4) is 0 Å². The van der Waals surface area contributed by atoms with Crippen molar-refractivity contribution < 1.29 is 19.0 Å². The molecule has 0 fully saturated rings. The predicted molar refractivity (Wildman–Crippen MR) is 147 cm³/mol. The van der Waals surface area contributed by atoms with Crippen molar-refractivity contribution in [2.24, 2.45) is 16.2 Å². The second kappa shape index (κ2) is 10.8. The molecule has 4 rings (SSSR count). The number of aliphatic hydroxyl groups excluding tert-OH is 1. The van der Waals surface area contributed by atoms with Crippen molar-refractivity contribution in [2.45, 2.75) is 63.7 Å². The number of nitrogens with zero attached hydrogens (tertiary/aromatic N) is 1. The van der Waals surface area contributed by atoms with E-state index >= 15 is 0 Å². The van der Waals surface area contributed by atoms with Crippen molar-refractivity contribution in [1.82, 2.24) is 0 Å². The van der Waals surface area contributed by atoms with Gasteiger partial charge < -0.3 is 10.4 Å². The van der Waals surface area contributed by atoms with E-state index in [4.69, 9.17) is 0 Å². The number of hydrogen-bond donors (Lipinski definition) is 4. The van der Waals surface area contributed by atoms with Crippen molar-refractivity contribution in [3.05, 3.63) is 65.2 Å². The standard InChI is InChI=1S/C27H34N2O4S.Na.H/c1-17(2)13-15-27(16-14-18(3)4)20-10-6-5-9-19(20)24(30)23(25(27)31)26-28-21-11-7-8-12-22(21)34(32,33)29-26;;/h5-12,17-18,30,32-33H,13-16H2,1-4H3,(H,28,29);;. The van der Waals surface area contributed by atoms with Gasteiger partial charge in [-0.25, -0.2) is 0 Å². The van der Waals surface area contributed by atoms with Crippen LogP contribution in [0.5, 0.6) is 0 Å². The van der Waals surface area contributed by atoms with Gasteiger partial charge >= 0.3 is 29.6 Å². The van der Waals surface area contributed by atoms with E-state index in [1.165, 1.54) is 0 Å². The van der Waals surface area contributed by atoms with Gasteiger partial charge in [0.15, 0.2) is 11.6 Å². The van der Waals surface area contributed by atoms with Crippen molar-refractivity contribution in [3.8, 4) is 0 Å². The molecule has 0 aromatic heterocycles. The van der Waals surface area contributed by atoms with E-state index in [1.54, 1.807) is 24.3 Å². The van der Waals surface area contributed by atoms with Crippen molar-refractivity contribution >= 4 is 63.4 Å². The van der Waals surface area contributed by atoms with Gasteiger partial charge in [-0.3, -0.25) is 13.9 Å². The normalized spacial score (nSPS) is 18.9. The molecule has 6 nitrogen and oxygen atoms in total. The molecule has 2 aromatic rings. The minimum atomic E-state index is -3.53. The molecule has 0 unspecified atom stereocenters. The summed E-state index contributed by atoms with van der Waals surface area (Å²) in [6.45, 7) is 8.57. The monoisotopic (exact) mass is 506 g/mol. The van der Waals surface area contributed by atoms with Crippen molar-refractivity contribution in [1.29, 1.82) is 0 Å². The van der Waals surface area contributed by atoms with Crippen LogP contribution in [0.25, 0.3) is 5.76 Å². The van der Waals surface area contributed by atoms with Crippen LogP contribution in [0.15, 0.2) is 63.4 Å². The van der Waals surface area contributed by atoms with Crippen LogP contribution in [0.4, 0.5) is 5.69 Å². The topological polar surface area (TPSA) is 102 Å². The van der Waals surface area contributed by atoms with Gasteiger partial charge in [-0.05, 0) is 55.2 Å². The quantitative estimate of drug-likeness (QED) is 0.319. The molecule has 184 valence electrons. The minimum absolute atomic E-state index is 0. The summed E-state index contributed by atoms with van der Waals surface area (Å²) in [5.41, 5.74) is 1.11. The van der Waals surface area contributed by atoms with E-state index in [2.05, 4.69) is 37.4 Å². The van der Waals surface area contributed by atoms with Gasteiger partial charge in [0, 0.05) is 5.56 Å². The van der Waals surface area contributed by atoms with Crippen LogP contribution in [-0.2, 0) is 10.2 Å². The Kier molecular flexibility index (Phi) is 8.62. The van der Waals surface area contributed by atoms with Crippen LogP contribution in [-0.4, -0.2) is 55.4 Å². The summed E-state index contributed by atoms with van der Waals surface area (Å²) >= 11 is 0. The zero-order chi connectivity index (χ0) is 24.7. The fourth-order valence-corrected chi connectivity index (χ4v) is 6.03. The van der Waals surface area contributed by atoms with E-state index in [1.807, 2.05) is 24.3 Å².